The van der Waals surface area contributed by atoms with Crippen LogP contribution >= 0.6 is 0 Å². The molecule has 1 aliphatic heterocycles. The number of primary amides is 1. The van der Waals surface area contributed by atoms with E-state index in [9.17, 15) is 9.59 Å². The zero-order valence-corrected chi connectivity index (χ0v) is 12.0. The molecule has 1 aromatic carbocycles. The summed E-state index contributed by atoms with van der Waals surface area (Å²) in [5.74, 6) is -0.747. The maximum absolute atomic E-state index is 12.6. The molecule has 114 valence electrons. The predicted molar refractivity (Wildman–Crippen MR) is 80.6 cm³/mol. The minimum Gasteiger partial charge on any atom is -0.377 e. The van der Waals surface area contributed by atoms with E-state index in [1.807, 2.05) is 41.2 Å². The van der Waals surface area contributed by atoms with Crippen LogP contribution in [-0.2, 0) is 9.53 Å². The third kappa shape index (κ3) is 2.73. The Hall–Kier alpha value is -2.60. The molecule has 6 nitrogen and oxygen atoms in total. The van der Waals surface area contributed by atoms with Crippen LogP contribution in [0.25, 0.3) is 5.69 Å². The third-order valence-corrected chi connectivity index (χ3v) is 3.73. The van der Waals surface area contributed by atoms with Gasteiger partial charge < -0.3 is 19.9 Å². The van der Waals surface area contributed by atoms with Gasteiger partial charge in [0.1, 0.15) is 6.04 Å². The first-order chi connectivity index (χ1) is 10.7. The van der Waals surface area contributed by atoms with Gasteiger partial charge in [-0.2, -0.15) is 0 Å². The minimum atomic E-state index is -0.703. The van der Waals surface area contributed by atoms with Crippen molar-refractivity contribution >= 4 is 11.8 Å². The first kappa shape index (κ1) is 14.3. The summed E-state index contributed by atoms with van der Waals surface area (Å²) < 4.78 is 7.18. The molecule has 22 heavy (non-hydrogen) atoms. The van der Waals surface area contributed by atoms with Crippen LogP contribution in [0, 0.1) is 0 Å². The molecule has 0 radical (unpaired) electrons. The first-order valence-electron chi connectivity index (χ1n) is 7.08. The lowest BCUT2D eigenvalue weighted by Crippen LogP contribution is -2.54. The molecule has 1 fully saturated rings. The molecule has 3 rings (SSSR count). The van der Waals surface area contributed by atoms with Gasteiger partial charge in [-0.1, -0.05) is 0 Å². The van der Waals surface area contributed by atoms with Gasteiger partial charge in [0.25, 0.3) is 5.91 Å². The average Bonchev–Trinajstić information content (AvgIpc) is 3.09. The molecule has 2 heterocycles. The van der Waals surface area contributed by atoms with Crippen LogP contribution in [0.1, 0.15) is 10.4 Å². The number of nitrogens with zero attached hydrogens (tertiary/aromatic N) is 2. The van der Waals surface area contributed by atoms with E-state index in [0.29, 0.717) is 18.7 Å². The van der Waals surface area contributed by atoms with E-state index in [4.69, 9.17) is 10.5 Å². The van der Waals surface area contributed by atoms with Gasteiger partial charge in [-0.3, -0.25) is 9.59 Å². The molecule has 0 saturated carbocycles. The van der Waals surface area contributed by atoms with Crippen LogP contribution in [0.15, 0.2) is 48.8 Å². The second-order valence-corrected chi connectivity index (χ2v) is 5.13. The van der Waals surface area contributed by atoms with Crippen molar-refractivity contribution < 1.29 is 14.3 Å². The second kappa shape index (κ2) is 6.03. The van der Waals surface area contributed by atoms with Gasteiger partial charge in [-0.25, -0.2) is 0 Å². The molecular formula is C16H17N3O3. The van der Waals surface area contributed by atoms with Crippen molar-refractivity contribution in [2.45, 2.75) is 6.04 Å². The molecule has 2 amide bonds. The maximum Gasteiger partial charge on any atom is 0.254 e. The normalized spacial score (nSPS) is 18.2. The summed E-state index contributed by atoms with van der Waals surface area (Å²) in [6.07, 6.45) is 3.86. The standard InChI is InChI=1S/C16H17N3O3/c17-15(20)14-11-22-10-9-19(14)16(21)12-3-5-13(6-4-12)18-7-1-2-8-18/h1-8,14H,9-11H2,(H2,17,20). The van der Waals surface area contributed by atoms with Crippen LogP contribution in [-0.4, -0.2) is 47.1 Å². The summed E-state index contributed by atoms with van der Waals surface area (Å²) in [4.78, 5) is 25.5. The number of carbonyl (C=O) groups excluding carboxylic acids is 2. The molecular weight excluding hydrogens is 282 g/mol. The molecule has 1 atom stereocenters. The minimum absolute atomic E-state index is 0.155. The molecule has 0 bridgehead atoms. The van der Waals surface area contributed by atoms with Crippen LogP contribution in [0.4, 0.5) is 0 Å². The van der Waals surface area contributed by atoms with E-state index in [1.165, 1.54) is 4.90 Å². The highest BCUT2D eigenvalue weighted by Crippen LogP contribution is 2.15. The fourth-order valence-electron chi connectivity index (χ4n) is 2.53. The number of carbonyl (C=O) groups is 2. The number of morpholine rings is 1. The lowest BCUT2D eigenvalue weighted by Gasteiger charge is -2.33. The number of benzene rings is 1. The van der Waals surface area contributed by atoms with Crippen LogP contribution in [0.5, 0.6) is 0 Å². The molecule has 2 aromatic rings. The molecule has 2 N–H and O–H groups in total. The van der Waals surface area contributed by atoms with Gasteiger partial charge in [0.05, 0.1) is 13.2 Å². The molecule has 6 heteroatoms. The largest absolute Gasteiger partial charge is 0.377 e. The summed E-state index contributed by atoms with van der Waals surface area (Å²) in [5, 5.41) is 0. The van der Waals surface area contributed by atoms with E-state index < -0.39 is 11.9 Å². The van der Waals surface area contributed by atoms with Crippen molar-refractivity contribution in [1.82, 2.24) is 9.47 Å². The molecule has 1 unspecified atom stereocenters. The van der Waals surface area contributed by atoms with Gasteiger partial charge in [0.2, 0.25) is 5.91 Å². The number of rotatable bonds is 3. The fraction of sp³-hybridized carbons (Fsp3) is 0.250. The van der Waals surface area contributed by atoms with Crippen molar-refractivity contribution in [2.75, 3.05) is 19.8 Å². The quantitative estimate of drug-likeness (QED) is 0.911. The van der Waals surface area contributed by atoms with Gasteiger partial charge in [0.15, 0.2) is 0 Å². The van der Waals surface area contributed by atoms with E-state index in [-0.39, 0.29) is 12.5 Å². The van der Waals surface area contributed by atoms with Crippen molar-refractivity contribution in [3.63, 3.8) is 0 Å². The van der Waals surface area contributed by atoms with Crippen molar-refractivity contribution in [3.8, 4) is 5.69 Å². The van der Waals surface area contributed by atoms with Crippen molar-refractivity contribution in [3.05, 3.63) is 54.4 Å². The summed E-state index contributed by atoms with van der Waals surface area (Å²) >= 11 is 0. The maximum atomic E-state index is 12.6. The van der Waals surface area contributed by atoms with Gasteiger partial charge in [-0.15, -0.1) is 0 Å². The number of hydrogen-bond donors (Lipinski definition) is 1. The first-order valence-corrected chi connectivity index (χ1v) is 7.08. The zero-order valence-electron chi connectivity index (χ0n) is 12.0. The number of amides is 2. The van der Waals surface area contributed by atoms with Crippen molar-refractivity contribution in [2.24, 2.45) is 5.73 Å². The second-order valence-electron chi connectivity index (χ2n) is 5.13. The van der Waals surface area contributed by atoms with Gasteiger partial charge in [-0.05, 0) is 36.4 Å². The lowest BCUT2D eigenvalue weighted by atomic mass is 10.1. The topological polar surface area (TPSA) is 77.6 Å². The van der Waals surface area contributed by atoms with E-state index in [2.05, 4.69) is 0 Å². The smallest absolute Gasteiger partial charge is 0.254 e. The summed E-state index contributed by atoms with van der Waals surface area (Å²) in [7, 11) is 0. The average molecular weight is 299 g/mol. The van der Waals surface area contributed by atoms with Gasteiger partial charge >= 0.3 is 0 Å². The Bertz CT molecular complexity index is 664. The zero-order chi connectivity index (χ0) is 15.5. The van der Waals surface area contributed by atoms with Crippen LogP contribution in [0.2, 0.25) is 0 Å². The summed E-state index contributed by atoms with van der Waals surface area (Å²) in [5.41, 5.74) is 6.84. The van der Waals surface area contributed by atoms with E-state index >= 15 is 0 Å². The number of aromatic nitrogens is 1. The van der Waals surface area contributed by atoms with Crippen LogP contribution < -0.4 is 5.73 Å². The Morgan fingerprint density at radius 2 is 1.82 bits per heavy atom. The number of hydrogen-bond acceptors (Lipinski definition) is 3. The lowest BCUT2D eigenvalue weighted by molar-refractivity contribution is -0.127. The highest BCUT2D eigenvalue weighted by Gasteiger charge is 2.31. The molecule has 1 aliphatic rings. The number of ether oxygens (including phenoxy) is 1. The molecule has 0 spiro atoms. The third-order valence-electron chi connectivity index (χ3n) is 3.73. The Morgan fingerprint density at radius 1 is 1.14 bits per heavy atom. The Morgan fingerprint density at radius 3 is 2.45 bits per heavy atom. The fourth-order valence-corrected chi connectivity index (χ4v) is 2.53. The highest BCUT2D eigenvalue weighted by molar-refractivity contribution is 5.97. The van der Waals surface area contributed by atoms with Gasteiger partial charge in [0, 0.05) is 30.2 Å². The van der Waals surface area contributed by atoms with Crippen molar-refractivity contribution in [1.29, 1.82) is 0 Å². The monoisotopic (exact) mass is 299 g/mol. The Kier molecular flexibility index (Phi) is 3.93. The molecule has 0 aliphatic carbocycles. The van der Waals surface area contributed by atoms with Crippen LogP contribution in [0.3, 0.4) is 0 Å². The van der Waals surface area contributed by atoms with E-state index in [1.54, 1.807) is 12.1 Å². The predicted octanol–water partition coefficient (Wildman–Crippen LogP) is 0.804. The summed E-state index contributed by atoms with van der Waals surface area (Å²) in [6.45, 7) is 0.936. The highest BCUT2D eigenvalue weighted by atomic mass is 16.5. The summed E-state index contributed by atoms with van der Waals surface area (Å²) in [6, 6.07) is 10.4. The Labute approximate surface area is 128 Å². The molecule has 1 saturated heterocycles. The number of nitrogens with two attached hydrogens (primary N) is 1. The Balaban J connectivity index is 1.81. The van der Waals surface area contributed by atoms with E-state index in [0.717, 1.165) is 5.69 Å². The molecule has 1 aromatic heterocycles. The SMILES string of the molecule is NC(=O)C1COCCN1C(=O)c1ccc(-n2cccc2)cc1.